The van der Waals surface area contributed by atoms with Gasteiger partial charge >= 0.3 is 41.8 Å². The molecule has 0 aliphatic carbocycles. The number of carbonyl (C=O) groups excluding carboxylic acids is 8. The lowest BCUT2D eigenvalue weighted by Gasteiger charge is -2.44. The van der Waals surface area contributed by atoms with Crippen LogP contribution in [0, 0.1) is 0 Å². The summed E-state index contributed by atoms with van der Waals surface area (Å²) < 4.78 is 51.7. The van der Waals surface area contributed by atoms with Gasteiger partial charge in [0.2, 0.25) is 0 Å². The summed E-state index contributed by atoms with van der Waals surface area (Å²) in [6.45, 7) is 11.3. The van der Waals surface area contributed by atoms with E-state index in [1.165, 1.54) is 142 Å². The highest BCUT2D eigenvalue weighted by Crippen LogP contribution is 2.31. The SMILES string of the molecule is CCCCCCCCCCCCCCCCCCC/C=C/C[C@@H](OC(C)=O)C(=O)N[C@@H](CO[C@@H]1O[C@H](COC(C)=O)[C@@H](OC(C)=O)[C@H](OC(C)=O)[C@H]1OC(C)=O)[C@H](OC(C)=O)[C@@H](CCCCCCCCCCCCCC)OC(C)=O. The van der Waals surface area contributed by atoms with Crippen molar-refractivity contribution in [3.63, 3.8) is 0 Å². The van der Waals surface area contributed by atoms with Crippen LogP contribution in [0.4, 0.5) is 0 Å². The largest absolute Gasteiger partial charge is 0.463 e. The first-order valence-electron chi connectivity index (χ1n) is 30.8. The number of esters is 7. The molecule has 0 bridgehead atoms. The Bertz CT molecular complexity index is 1760. The van der Waals surface area contributed by atoms with Gasteiger partial charge in [0.1, 0.15) is 18.8 Å². The fourth-order valence-corrected chi connectivity index (χ4v) is 10.0. The number of carbonyl (C=O) groups is 8. The summed E-state index contributed by atoms with van der Waals surface area (Å²) in [5.74, 6) is -6.25. The second kappa shape index (κ2) is 47.0. The fourth-order valence-electron chi connectivity index (χ4n) is 10.0. The topological polar surface area (TPSA) is 232 Å². The summed E-state index contributed by atoms with van der Waals surface area (Å²) in [5, 5.41) is 2.83. The first-order valence-corrected chi connectivity index (χ1v) is 30.8. The third kappa shape index (κ3) is 37.4. The molecule has 1 heterocycles. The van der Waals surface area contributed by atoms with Crippen LogP contribution in [0.1, 0.15) is 268 Å². The van der Waals surface area contributed by atoms with Gasteiger partial charge in [0, 0.05) is 54.9 Å². The molecule has 0 aromatic rings. The Morgan fingerprint density at radius 3 is 1.29 bits per heavy atom. The summed E-state index contributed by atoms with van der Waals surface area (Å²) in [5.41, 5.74) is 0. The molecule has 1 saturated heterocycles. The number of rotatable bonds is 48. The molecule has 0 spiro atoms. The maximum atomic E-state index is 14.4. The highest BCUT2D eigenvalue weighted by molar-refractivity contribution is 5.84. The van der Waals surface area contributed by atoms with Crippen LogP contribution in [0.25, 0.3) is 0 Å². The van der Waals surface area contributed by atoms with Gasteiger partial charge in [-0.1, -0.05) is 199 Å². The fraction of sp³-hybridized carbons (Fsp3) is 0.839. The first-order chi connectivity index (χ1) is 38.4. The van der Waals surface area contributed by atoms with Gasteiger partial charge in [-0.25, -0.2) is 0 Å². The Kier molecular flexibility index (Phi) is 43.1. The van der Waals surface area contributed by atoms with Gasteiger partial charge in [0.05, 0.1) is 12.6 Å². The summed E-state index contributed by atoms with van der Waals surface area (Å²) >= 11 is 0. The zero-order valence-corrected chi connectivity index (χ0v) is 50.8. The molecule has 0 aromatic heterocycles. The van der Waals surface area contributed by atoms with Gasteiger partial charge in [0.25, 0.3) is 5.91 Å². The van der Waals surface area contributed by atoms with Crippen molar-refractivity contribution in [1.29, 1.82) is 0 Å². The zero-order valence-electron chi connectivity index (χ0n) is 50.8. The number of ether oxygens (including phenoxy) is 9. The smallest absolute Gasteiger partial charge is 0.303 e. The molecule has 0 radical (unpaired) electrons. The van der Waals surface area contributed by atoms with E-state index in [2.05, 4.69) is 19.2 Å². The van der Waals surface area contributed by atoms with Crippen molar-refractivity contribution >= 4 is 47.7 Å². The van der Waals surface area contributed by atoms with Gasteiger partial charge in [-0.15, -0.1) is 0 Å². The number of hydrogen-bond acceptors (Lipinski definition) is 17. The molecule has 1 aliphatic heterocycles. The summed E-state index contributed by atoms with van der Waals surface area (Å²) in [6.07, 6.45) is 27.8. The van der Waals surface area contributed by atoms with Crippen LogP contribution in [0.3, 0.4) is 0 Å². The molecule has 1 aliphatic rings. The van der Waals surface area contributed by atoms with Crippen molar-refractivity contribution in [3.8, 4) is 0 Å². The van der Waals surface area contributed by atoms with E-state index in [0.29, 0.717) is 6.42 Å². The minimum atomic E-state index is -1.68. The van der Waals surface area contributed by atoms with Crippen LogP contribution in [0.5, 0.6) is 0 Å². The van der Waals surface area contributed by atoms with E-state index in [0.717, 1.165) is 92.4 Å². The van der Waals surface area contributed by atoms with Gasteiger partial charge in [-0.2, -0.15) is 0 Å². The molecular formula is C62H107NO17. The highest BCUT2D eigenvalue weighted by Gasteiger charge is 2.53. The molecule has 1 fully saturated rings. The lowest BCUT2D eigenvalue weighted by molar-refractivity contribution is -0.310. The number of allylic oxidation sites excluding steroid dienone is 1. The van der Waals surface area contributed by atoms with E-state index in [9.17, 15) is 38.4 Å². The molecule has 0 aromatic carbocycles. The third-order valence-electron chi connectivity index (χ3n) is 14.0. The zero-order chi connectivity index (χ0) is 59.3. The van der Waals surface area contributed by atoms with E-state index in [1.807, 2.05) is 6.08 Å². The number of unbranched alkanes of at least 4 members (excludes halogenated alkanes) is 28. The number of hydrogen-bond donors (Lipinski definition) is 1. The molecule has 9 atom stereocenters. The Morgan fingerprint density at radius 2 is 0.863 bits per heavy atom. The average molecular weight is 1140 g/mol. The van der Waals surface area contributed by atoms with Crippen molar-refractivity contribution < 1.29 is 81.0 Å². The molecule has 0 unspecified atom stereocenters. The Labute approximate surface area is 480 Å². The second-order valence-electron chi connectivity index (χ2n) is 21.7. The Hall–Kier alpha value is -4.58. The molecule has 18 heteroatoms. The van der Waals surface area contributed by atoms with Crippen molar-refractivity contribution in [3.05, 3.63) is 12.2 Å². The van der Waals surface area contributed by atoms with Crippen molar-refractivity contribution in [2.75, 3.05) is 13.2 Å². The number of amides is 1. The standard InChI is InChI=1S/C62H107NO17/c1-10-12-14-16-18-20-22-24-25-26-27-28-29-30-31-33-35-37-39-41-43-55(75-48(5)66)61(71)63-53(57(76-49(6)67)54(74-47(4)65)42-40-38-36-34-32-23-21-19-17-15-13-11-2)44-73-62-60(79-52(9)70)59(78-51(8)69)58(77-50(7)68)56(80-62)45-72-46(3)64/h39,41,53-60,62H,10-38,40,42-45H2,1-9H3,(H,63,71)/b41-39+/t53-,54+,55+,56+,57-,58+,59-,60+,62+/m0/s1. The van der Waals surface area contributed by atoms with Crippen LogP contribution in [-0.2, 0) is 81.0 Å². The monoisotopic (exact) mass is 1140 g/mol. The normalized spacial score (nSPS) is 18.5. The molecule has 80 heavy (non-hydrogen) atoms. The van der Waals surface area contributed by atoms with Crippen LogP contribution in [0.2, 0.25) is 0 Å². The van der Waals surface area contributed by atoms with Crippen LogP contribution in [0.15, 0.2) is 12.2 Å². The maximum absolute atomic E-state index is 14.4. The van der Waals surface area contributed by atoms with Gasteiger partial charge in [-0.3, -0.25) is 38.4 Å². The second-order valence-corrected chi connectivity index (χ2v) is 21.7. The molecule has 1 amide bonds. The van der Waals surface area contributed by atoms with E-state index in [1.54, 1.807) is 6.08 Å². The average Bonchev–Trinajstić information content (AvgIpc) is 3.41. The molecule has 1 rings (SSSR count). The summed E-state index contributed by atoms with van der Waals surface area (Å²) in [4.78, 5) is 102. The van der Waals surface area contributed by atoms with E-state index in [4.69, 9.17) is 42.6 Å². The number of nitrogens with one attached hydrogen (secondary N) is 1. The van der Waals surface area contributed by atoms with E-state index in [-0.39, 0.29) is 12.8 Å². The lowest BCUT2D eigenvalue weighted by Crippen LogP contribution is -2.63. The summed E-state index contributed by atoms with van der Waals surface area (Å²) in [6, 6.07) is -1.38. The van der Waals surface area contributed by atoms with Gasteiger partial charge in [-0.05, 0) is 25.7 Å². The predicted octanol–water partition coefficient (Wildman–Crippen LogP) is 12.4. The minimum Gasteiger partial charge on any atom is -0.463 e. The minimum absolute atomic E-state index is 0.00209. The predicted molar refractivity (Wildman–Crippen MR) is 305 cm³/mol. The lowest BCUT2D eigenvalue weighted by atomic mass is 9.97. The molecular weight excluding hydrogens is 1030 g/mol. The van der Waals surface area contributed by atoms with Crippen molar-refractivity contribution in [1.82, 2.24) is 5.32 Å². The molecule has 462 valence electrons. The van der Waals surface area contributed by atoms with Crippen LogP contribution >= 0.6 is 0 Å². The maximum Gasteiger partial charge on any atom is 0.303 e. The molecule has 0 saturated carbocycles. The quantitative estimate of drug-likeness (QED) is 0.0258. The first kappa shape index (κ1) is 73.4. The Balaban J connectivity index is 3.35. The van der Waals surface area contributed by atoms with Crippen molar-refractivity contribution in [2.24, 2.45) is 0 Å². The highest BCUT2D eigenvalue weighted by atomic mass is 16.7. The molecule has 1 N–H and O–H groups in total. The van der Waals surface area contributed by atoms with Gasteiger partial charge in [0.15, 0.2) is 36.8 Å². The van der Waals surface area contributed by atoms with E-state index < -0.39 is 116 Å². The van der Waals surface area contributed by atoms with Crippen LogP contribution < -0.4 is 5.32 Å². The Morgan fingerprint density at radius 1 is 0.450 bits per heavy atom. The van der Waals surface area contributed by atoms with E-state index >= 15 is 0 Å². The van der Waals surface area contributed by atoms with Crippen LogP contribution in [-0.4, -0.2) is 116 Å². The van der Waals surface area contributed by atoms with Gasteiger partial charge < -0.3 is 47.9 Å². The third-order valence-corrected chi connectivity index (χ3v) is 14.0. The van der Waals surface area contributed by atoms with Crippen molar-refractivity contribution in [2.45, 2.75) is 323 Å². The summed E-state index contributed by atoms with van der Waals surface area (Å²) in [7, 11) is 0. The molecule has 18 nitrogen and oxygen atoms in total.